The Morgan fingerprint density at radius 1 is 1.62 bits per heavy atom. The third-order valence-electron chi connectivity index (χ3n) is 1.75. The van der Waals surface area contributed by atoms with Gasteiger partial charge in [0.15, 0.2) is 0 Å². The second kappa shape index (κ2) is 6.36. The molecular weight excluding hydrogens is 204 g/mol. The zero-order valence-corrected chi connectivity index (χ0v) is 9.01. The molecule has 4 heteroatoms. The van der Waals surface area contributed by atoms with Crippen LogP contribution in [0.2, 0.25) is 0 Å². The molecule has 0 saturated heterocycles. The first-order valence-corrected chi connectivity index (χ1v) is 4.95. The average molecular weight is 216 g/mol. The number of hydrogen-bond donors (Lipinski definition) is 0. The second-order valence-electron chi connectivity index (χ2n) is 2.93. The van der Waals surface area contributed by atoms with Crippen molar-refractivity contribution in [2.24, 2.45) is 0 Å². The van der Waals surface area contributed by atoms with E-state index in [9.17, 15) is 4.79 Å². The molecule has 0 fully saturated rings. The van der Waals surface area contributed by atoms with Crippen molar-refractivity contribution in [3.05, 3.63) is 35.7 Å². The fourth-order valence-corrected chi connectivity index (χ4v) is 1.10. The standard InChI is InChI=1S/C12H12N2O2/c1-2-16-12(15)11-8-5-7-10(14-11)6-3-4-9-13/h3,5-8H,2,4H2,1H3. The van der Waals surface area contributed by atoms with E-state index in [1.165, 1.54) is 0 Å². The van der Waals surface area contributed by atoms with E-state index in [1.807, 2.05) is 6.07 Å². The normalized spacial score (nSPS) is 10.0. The van der Waals surface area contributed by atoms with Crippen LogP contribution in [-0.2, 0) is 4.74 Å². The van der Waals surface area contributed by atoms with Crippen LogP contribution in [0.5, 0.6) is 0 Å². The smallest absolute Gasteiger partial charge is 0.356 e. The Morgan fingerprint density at radius 3 is 3.12 bits per heavy atom. The van der Waals surface area contributed by atoms with E-state index < -0.39 is 5.97 Å². The lowest BCUT2D eigenvalue weighted by Crippen LogP contribution is -2.07. The molecule has 0 aliphatic carbocycles. The molecule has 1 heterocycles. The zero-order chi connectivity index (χ0) is 11.8. The third kappa shape index (κ3) is 3.54. The van der Waals surface area contributed by atoms with Gasteiger partial charge in [-0.25, -0.2) is 9.78 Å². The molecule has 16 heavy (non-hydrogen) atoms. The quantitative estimate of drug-likeness (QED) is 0.723. The van der Waals surface area contributed by atoms with E-state index in [0.29, 0.717) is 18.7 Å². The van der Waals surface area contributed by atoms with E-state index in [2.05, 4.69) is 4.98 Å². The van der Waals surface area contributed by atoms with Gasteiger partial charge in [-0.1, -0.05) is 12.1 Å². The van der Waals surface area contributed by atoms with Gasteiger partial charge in [-0.15, -0.1) is 0 Å². The summed E-state index contributed by atoms with van der Waals surface area (Å²) in [6.07, 6.45) is 3.72. The highest BCUT2D eigenvalue weighted by Gasteiger charge is 2.07. The SMILES string of the molecule is CCOC(=O)c1cccc(C=CCC#N)n1. The van der Waals surface area contributed by atoms with Crippen molar-refractivity contribution >= 4 is 12.0 Å². The largest absolute Gasteiger partial charge is 0.461 e. The van der Waals surface area contributed by atoms with Gasteiger partial charge in [-0.2, -0.15) is 5.26 Å². The van der Waals surface area contributed by atoms with E-state index >= 15 is 0 Å². The number of nitriles is 1. The zero-order valence-electron chi connectivity index (χ0n) is 9.01. The molecule has 0 atom stereocenters. The van der Waals surface area contributed by atoms with Gasteiger partial charge in [-0.05, 0) is 25.1 Å². The summed E-state index contributed by atoms with van der Waals surface area (Å²) in [7, 11) is 0. The summed E-state index contributed by atoms with van der Waals surface area (Å²) in [5.74, 6) is -0.432. The van der Waals surface area contributed by atoms with Crippen LogP contribution in [-0.4, -0.2) is 17.6 Å². The van der Waals surface area contributed by atoms with Gasteiger partial charge in [-0.3, -0.25) is 0 Å². The average Bonchev–Trinajstić information content (AvgIpc) is 2.30. The number of nitrogens with zero attached hydrogens (tertiary/aromatic N) is 2. The second-order valence-corrected chi connectivity index (χ2v) is 2.93. The van der Waals surface area contributed by atoms with Crippen molar-refractivity contribution in [3.63, 3.8) is 0 Å². The van der Waals surface area contributed by atoms with Crippen molar-refractivity contribution in [3.8, 4) is 6.07 Å². The van der Waals surface area contributed by atoms with Crippen LogP contribution < -0.4 is 0 Å². The summed E-state index contributed by atoms with van der Waals surface area (Å²) < 4.78 is 4.83. The number of aromatic nitrogens is 1. The van der Waals surface area contributed by atoms with Crippen molar-refractivity contribution in [1.29, 1.82) is 5.26 Å². The number of ether oxygens (including phenoxy) is 1. The highest BCUT2D eigenvalue weighted by Crippen LogP contribution is 2.03. The lowest BCUT2D eigenvalue weighted by atomic mass is 10.2. The number of esters is 1. The summed E-state index contributed by atoms with van der Waals surface area (Å²) in [6.45, 7) is 2.07. The molecule has 4 nitrogen and oxygen atoms in total. The number of allylic oxidation sites excluding steroid dienone is 1. The Hall–Kier alpha value is -2.15. The first-order valence-electron chi connectivity index (χ1n) is 4.95. The van der Waals surface area contributed by atoms with Crippen LogP contribution in [0.25, 0.3) is 6.08 Å². The molecule has 82 valence electrons. The van der Waals surface area contributed by atoms with Crippen LogP contribution in [0.15, 0.2) is 24.3 Å². The van der Waals surface area contributed by atoms with Gasteiger partial charge >= 0.3 is 5.97 Å². The maximum atomic E-state index is 11.4. The van der Waals surface area contributed by atoms with Crippen LogP contribution >= 0.6 is 0 Å². The van der Waals surface area contributed by atoms with Gasteiger partial charge in [0.25, 0.3) is 0 Å². The molecule has 0 bridgehead atoms. The van der Waals surface area contributed by atoms with Crippen LogP contribution in [0.4, 0.5) is 0 Å². The molecule has 0 N–H and O–H groups in total. The maximum absolute atomic E-state index is 11.4. The molecule has 1 aromatic rings. The summed E-state index contributed by atoms with van der Waals surface area (Å²) in [5, 5.41) is 8.36. The molecule has 0 radical (unpaired) electrons. The monoisotopic (exact) mass is 216 g/mol. The number of hydrogen-bond acceptors (Lipinski definition) is 4. The van der Waals surface area contributed by atoms with E-state index in [0.717, 1.165) is 0 Å². The molecule has 1 rings (SSSR count). The Kier molecular flexibility index (Phi) is 4.74. The maximum Gasteiger partial charge on any atom is 0.356 e. The predicted octanol–water partition coefficient (Wildman–Crippen LogP) is 2.19. The first-order chi connectivity index (χ1) is 7.77. The Bertz CT molecular complexity index is 433. The Morgan fingerprint density at radius 2 is 2.44 bits per heavy atom. The number of pyridine rings is 1. The van der Waals surface area contributed by atoms with Crippen molar-refractivity contribution < 1.29 is 9.53 Å². The van der Waals surface area contributed by atoms with E-state index in [4.69, 9.17) is 10.00 Å². The highest BCUT2D eigenvalue weighted by atomic mass is 16.5. The molecule has 0 aliphatic heterocycles. The number of carbonyl (C=O) groups excluding carboxylic acids is 1. The molecular formula is C12H12N2O2. The summed E-state index contributed by atoms with van der Waals surface area (Å²) in [6, 6.07) is 7.07. The molecule has 0 aromatic carbocycles. The molecule has 0 spiro atoms. The molecule has 0 unspecified atom stereocenters. The van der Waals surface area contributed by atoms with Crippen LogP contribution in [0.3, 0.4) is 0 Å². The van der Waals surface area contributed by atoms with E-state index in [1.54, 1.807) is 37.3 Å². The minimum Gasteiger partial charge on any atom is -0.461 e. The van der Waals surface area contributed by atoms with Gasteiger partial charge in [0, 0.05) is 0 Å². The first kappa shape index (κ1) is 11.9. The van der Waals surface area contributed by atoms with Crippen molar-refractivity contribution in [1.82, 2.24) is 4.98 Å². The minimum absolute atomic E-state index is 0.279. The van der Waals surface area contributed by atoms with Crippen molar-refractivity contribution in [2.75, 3.05) is 6.61 Å². The topological polar surface area (TPSA) is 63.0 Å². The summed E-state index contributed by atoms with van der Waals surface area (Å²) in [5.41, 5.74) is 0.918. The molecule has 0 aliphatic rings. The van der Waals surface area contributed by atoms with Gasteiger partial charge in [0.1, 0.15) is 5.69 Å². The number of rotatable bonds is 4. The van der Waals surface area contributed by atoms with Crippen LogP contribution in [0.1, 0.15) is 29.5 Å². The molecule has 0 amide bonds. The third-order valence-corrected chi connectivity index (χ3v) is 1.75. The van der Waals surface area contributed by atoms with Crippen molar-refractivity contribution in [2.45, 2.75) is 13.3 Å². The Balaban J connectivity index is 2.79. The summed E-state index contributed by atoms with van der Waals surface area (Å²) >= 11 is 0. The fourth-order valence-electron chi connectivity index (χ4n) is 1.10. The fraction of sp³-hybridized carbons (Fsp3) is 0.250. The lowest BCUT2D eigenvalue weighted by Gasteiger charge is -2.01. The molecule has 1 aromatic heterocycles. The number of carbonyl (C=O) groups is 1. The predicted molar refractivity (Wildman–Crippen MR) is 59.5 cm³/mol. The minimum atomic E-state index is -0.432. The molecule has 0 saturated carbocycles. The van der Waals surface area contributed by atoms with Crippen LogP contribution in [0, 0.1) is 11.3 Å². The lowest BCUT2D eigenvalue weighted by molar-refractivity contribution is 0.0519. The van der Waals surface area contributed by atoms with Gasteiger partial charge in [0.05, 0.1) is 24.8 Å². The highest BCUT2D eigenvalue weighted by molar-refractivity contribution is 5.87. The van der Waals surface area contributed by atoms with Gasteiger partial charge < -0.3 is 4.74 Å². The van der Waals surface area contributed by atoms with Gasteiger partial charge in [0.2, 0.25) is 0 Å². The Labute approximate surface area is 94.2 Å². The summed E-state index contributed by atoms with van der Waals surface area (Å²) in [4.78, 5) is 15.5. The van der Waals surface area contributed by atoms with E-state index in [-0.39, 0.29) is 5.69 Å².